The fraction of sp³-hybridized carbons (Fsp3) is 0.0625. The van der Waals surface area contributed by atoms with Crippen molar-refractivity contribution in [2.75, 3.05) is 12.5 Å². The van der Waals surface area contributed by atoms with Gasteiger partial charge in [-0.3, -0.25) is 20.7 Å². The number of methoxy groups -OCH3 is 1. The zero-order chi connectivity index (χ0) is 17.8. The molecule has 1 aromatic carbocycles. The molecule has 7 nitrogen and oxygen atoms in total. The molecule has 2 heterocycles. The van der Waals surface area contributed by atoms with Gasteiger partial charge in [0.2, 0.25) is 5.88 Å². The molecule has 0 atom stereocenters. The number of nitrogens with zero attached hydrogens (tertiary/aromatic N) is 2. The molecule has 0 saturated heterocycles. The van der Waals surface area contributed by atoms with E-state index in [9.17, 15) is 13.6 Å². The average molecular weight is 345 g/mol. The lowest BCUT2D eigenvalue weighted by Gasteiger charge is -2.08. The molecular formula is C16H13F2N5O2. The average Bonchev–Trinajstić information content (AvgIpc) is 3.10. The van der Waals surface area contributed by atoms with Crippen LogP contribution in [0, 0.1) is 11.6 Å². The maximum atomic E-state index is 13.5. The van der Waals surface area contributed by atoms with Gasteiger partial charge in [0.05, 0.1) is 24.7 Å². The minimum atomic E-state index is -0.665. The molecule has 0 unspecified atom stereocenters. The van der Waals surface area contributed by atoms with Gasteiger partial charge in [0, 0.05) is 11.6 Å². The summed E-state index contributed by atoms with van der Waals surface area (Å²) in [4.78, 5) is 15.8. The van der Waals surface area contributed by atoms with Crippen LogP contribution in [-0.4, -0.2) is 28.2 Å². The van der Waals surface area contributed by atoms with E-state index < -0.39 is 11.7 Å². The van der Waals surface area contributed by atoms with Crippen LogP contribution in [-0.2, 0) is 0 Å². The summed E-state index contributed by atoms with van der Waals surface area (Å²) in [6, 6.07) is 8.35. The van der Waals surface area contributed by atoms with E-state index in [4.69, 9.17) is 4.74 Å². The second-order valence-electron chi connectivity index (χ2n) is 4.97. The summed E-state index contributed by atoms with van der Waals surface area (Å²) in [6.07, 6.45) is 1.30. The molecule has 0 bridgehead atoms. The molecule has 0 aliphatic rings. The van der Waals surface area contributed by atoms with Crippen molar-refractivity contribution in [3.05, 3.63) is 59.9 Å². The molecule has 0 aliphatic heterocycles. The van der Waals surface area contributed by atoms with Gasteiger partial charge in [0.1, 0.15) is 11.5 Å². The number of halogens is 2. The number of aromatic nitrogens is 3. The van der Waals surface area contributed by atoms with Crippen LogP contribution in [0.15, 0.2) is 42.6 Å². The van der Waals surface area contributed by atoms with Crippen molar-refractivity contribution in [1.82, 2.24) is 20.6 Å². The summed E-state index contributed by atoms with van der Waals surface area (Å²) in [5.74, 6) is -1.69. The van der Waals surface area contributed by atoms with Crippen LogP contribution in [0.5, 0.6) is 5.88 Å². The second-order valence-corrected chi connectivity index (χ2v) is 4.97. The van der Waals surface area contributed by atoms with E-state index in [-0.39, 0.29) is 23.1 Å². The highest BCUT2D eigenvalue weighted by molar-refractivity contribution is 5.94. The molecule has 0 fully saturated rings. The van der Waals surface area contributed by atoms with Gasteiger partial charge in [-0.2, -0.15) is 5.10 Å². The van der Waals surface area contributed by atoms with Gasteiger partial charge in [-0.1, -0.05) is 0 Å². The lowest BCUT2D eigenvalue weighted by Crippen LogP contribution is -2.29. The van der Waals surface area contributed by atoms with E-state index in [1.54, 1.807) is 12.1 Å². The van der Waals surface area contributed by atoms with Crippen LogP contribution >= 0.6 is 0 Å². The minimum Gasteiger partial charge on any atom is -0.479 e. The molecule has 2 aromatic heterocycles. The van der Waals surface area contributed by atoms with Crippen LogP contribution in [0.1, 0.15) is 10.5 Å². The van der Waals surface area contributed by atoms with Crippen molar-refractivity contribution < 1.29 is 18.3 Å². The number of aromatic amines is 1. The van der Waals surface area contributed by atoms with Crippen LogP contribution in [0.4, 0.5) is 14.5 Å². The summed E-state index contributed by atoms with van der Waals surface area (Å²) >= 11 is 0. The first-order valence-corrected chi connectivity index (χ1v) is 7.14. The fourth-order valence-electron chi connectivity index (χ4n) is 2.05. The molecule has 3 rings (SSSR count). The number of pyridine rings is 1. The van der Waals surface area contributed by atoms with Crippen molar-refractivity contribution in [2.24, 2.45) is 0 Å². The number of hydrogen-bond acceptors (Lipinski definition) is 5. The number of amides is 1. The van der Waals surface area contributed by atoms with Crippen molar-refractivity contribution in [3.63, 3.8) is 0 Å². The van der Waals surface area contributed by atoms with Crippen LogP contribution in [0.25, 0.3) is 11.3 Å². The summed E-state index contributed by atoms with van der Waals surface area (Å²) in [5, 5.41) is 6.58. The van der Waals surface area contributed by atoms with Gasteiger partial charge in [-0.15, -0.1) is 0 Å². The Labute approximate surface area is 141 Å². The summed E-state index contributed by atoms with van der Waals surface area (Å²) in [7, 11) is 1.30. The van der Waals surface area contributed by atoms with Crippen molar-refractivity contribution in [2.45, 2.75) is 0 Å². The normalized spacial score (nSPS) is 10.4. The molecule has 0 saturated carbocycles. The number of nitrogens with one attached hydrogen (secondary N) is 3. The zero-order valence-corrected chi connectivity index (χ0v) is 13.0. The van der Waals surface area contributed by atoms with Crippen LogP contribution in [0.2, 0.25) is 0 Å². The monoisotopic (exact) mass is 345 g/mol. The Morgan fingerprint density at radius 3 is 2.64 bits per heavy atom. The van der Waals surface area contributed by atoms with Crippen LogP contribution in [0.3, 0.4) is 0 Å². The van der Waals surface area contributed by atoms with Gasteiger partial charge in [-0.25, -0.2) is 13.8 Å². The van der Waals surface area contributed by atoms with Crippen molar-refractivity contribution >= 4 is 11.6 Å². The summed E-state index contributed by atoms with van der Waals surface area (Å²) in [6.45, 7) is 0. The highest BCUT2D eigenvalue weighted by Gasteiger charge is 2.12. The number of anilines is 1. The third-order valence-corrected chi connectivity index (χ3v) is 3.28. The van der Waals surface area contributed by atoms with E-state index in [2.05, 4.69) is 26.0 Å². The Balaban J connectivity index is 1.66. The summed E-state index contributed by atoms with van der Waals surface area (Å²) in [5.41, 5.74) is 6.48. The predicted molar refractivity (Wildman–Crippen MR) is 85.8 cm³/mol. The Morgan fingerprint density at radius 1 is 1.20 bits per heavy atom. The lowest BCUT2D eigenvalue weighted by atomic mass is 10.1. The van der Waals surface area contributed by atoms with Gasteiger partial charge >= 0.3 is 0 Å². The van der Waals surface area contributed by atoms with Crippen molar-refractivity contribution in [3.8, 4) is 17.1 Å². The highest BCUT2D eigenvalue weighted by Crippen LogP contribution is 2.18. The molecule has 0 aliphatic carbocycles. The molecule has 9 heteroatoms. The minimum absolute atomic E-state index is 0.144. The molecule has 0 radical (unpaired) electrons. The SMILES string of the molecule is COc1ncc(NNC(=O)c2cc(-c3ccc(F)cc3)n[nH]2)cc1F. The lowest BCUT2D eigenvalue weighted by molar-refractivity contribution is 0.0957. The highest BCUT2D eigenvalue weighted by atomic mass is 19.1. The first kappa shape index (κ1) is 16.4. The number of benzene rings is 1. The predicted octanol–water partition coefficient (Wildman–Crippen LogP) is 2.52. The third kappa shape index (κ3) is 3.71. The maximum Gasteiger partial charge on any atom is 0.287 e. The van der Waals surface area contributed by atoms with E-state index in [1.165, 1.54) is 31.5 Å². The number of carbonyl (C=O) groups excluding carboxylic acids is 1. The molecule has 0 spiro atoms. The van der Waals surface area contributed by atoms with Gasteiger partial charge < -0.3 is 4.74 Å². The number of hydrogen-bond donors (Lipinski definition) is 3. The smallest absolute Gasteiger partial charge is 0.287 e. The molecule has 3 N–H and O–H groups in total. The number of ether oxygens (including phenoxy) is 1. The Kier molecular flexibility index (Phi) is 4.55. The first-order valence-electron chi connectivity index (χ1n) is 7.14. The number of H-pyrrole nitrogens is 1. The first-order chi connectivity index (χ1) is 12.1. The number of carbonyl (C=O) groups is 1. The number of rotatable bonds is 5. The van der Waals surface area contributed by atoms with Crippen LogP contribution < -0.4 is 15.6 Å². The van der Waals surface area contributed by atoms with E-state index >= 15 is 0 Å². The Hall–Kier alpha value is -3.49. The summed E-state index contributed by atoms with van der Waals surface area (Å²) < 4.78 is 31.2. The topological polar surface area (TPSA) is 91.9 Å². The third-order valence-electron chi connectivity index (χ3n) is 3.28. The van der Waals surface area contributed by atoms with Crippen molar-refractivity contribution in [1.29, 1.82) is 0 Å². The van der Waals surface area contributed by atoms with E-state index in [0.717, 1.165) is 6.07 Å². The Morgan fingerprint density at radius 2 is 1.96 bits per heavy atom. The second kappa shape index (κ2) is 6.95. The maximum absolute atomic E-state index is 13.5. The number of hydrazine groups is 1. The molecule has 3 aromatic rings. The molecule has 128 valence electrons. The molecule has 1 amide bonds. The standard InChI is InChI=1S/C16H13F2N5O2/c1-25-16-12(18)6-11(8-19-16)20-23-15(24)14-7-13(21-22-14)9-2-4-10(17)5-3-9/h2-8,20H,1H3,(H,21,22)(H,23,24). The van der Waals surface area contributed by atoms with Gasteiger partial charge in [0.15, 0.2) is 5.82 Å². The fourth-order valence-corrected chi connectivity index (χ4v) is 2.05. The quantitative estimate of drug-likeness (QED) is 0.618. The molecular weight excluding hydrogens is 332 g/mol. The largest absolute Gasteiger partial charge is 0.479 e. The van der Waals surface area contributed by atoms with Gasteiger partial charge in [-0.05, 0) is 30.3 Å². The Bertz CT molecular complexity index is 896. The van der Waals surface area contributed by atoms with Gasteiger partial charge in [0.25, 0.3) is 5.91 Å². The zero-order valence-electron chi connectivity index (χ0n) is 13.0. The van der Waals surface area contributed by atoms with E-state index in [0.29, 0.717) is 11.3 Å². The molecule has 25 heavy (non-hydrogen) atoms. The van der Waals surface area contributed by atoms with E-state index in [1.807, 2.05) is 0 Å².